The zero-order valence-electron chi connectivity index (χ0n) is 11.9. The Balaban J connectivity index is 2.16. The Labute approximate surface area is 129 Å². The summed E-state index contributed by atoms with van der Waals surface area (Å²) in [5, 5.41) is 0. The average Bonchev–Trinajstić information content (AvgIpc) is 2.44. The fourth-order valence-electron chi connectivity index (χ4n) is 1.98. The van der Waals surface area contributed by atoms with E-state index in [1.54, 1.807) is 24.3 Å². The molecule has 6 nitrogen and oxygen atoms in total. The Morgan fingerprint density at radius 1 is 1.00 bits per heavy atom. The van der Waals surface area contributed by atoms with Crippen molar-refractivity contribution >= 4 is 21.5 Å². The number of anilines is 2. The number of ether oxygens (including phenoxy) is 1. The van der Waals surface area contributed by atoms with Crippen LogP contribution in [0.4, 0.5) is 11.4 Å². The summed E-state index contributed by atoms with van der Waals surface area (Å²) >= 11 is 0. The molecule has 118 valence electrons. The van der Waals surface area contributed by atoms with Gasteiger partial charge in [0, 0.05) is 23.0 Å². The predicted molar refractivity (Wildman–Crippen MR) is 87.2 cm³/mol. The molecule has 0 bridgehead atoms. The molecule has 0 aliphatic heterocycles. The van der Waals surface area contributed by atoms with Gasteiger partial charge in [0.15, 0.2) is 0 Å². The highest BCUT2D eigenvalue weighted by Gasteiger charge is 2.09. The minimum Gasteiger partial charge on any atom is -0.493 e. The summed E-state index contributed by atoms with van der Waals surface area (Å²) in [6.07, 6.45) is 0.189. The molecule has 0 unspecified atom stereocenters. The molecule has 0 aliphatic rings. The zero-order valence-corrected chi connectivity index (χ0v) is 12.7. The average molecular weight is 322 g/mol. The molecule has 0 saturated carbocycles. The topological polar surface area (TPSA) is 116 Å². The lowest BCUT2D eigenvalue weighted by Crippen LogP contribution is -2.09. The van der Waals surface area contributed by atoms with E-state index in [1.807, 2.05) is 18.2 Å². The fraction of sp³-hybridized carbons (Fsp3) is 0.200. The molecular weight excluding hydrogens is 304 g/mol. The molecular formula is C15H18N2O4S. The van der Waals surface area contributed by atoms with E-state index >= 15 is 0 Å². The smallest absolute Gasteiger partial charge is 0.264 e. The van der Waals surface area contributed by atoms with Gasteiger partial charge in [-0.2, -0.15) is 8.42 Å². The van der Waals surface area contributed by atoms with Gasteiger partial charge < -0.3 is 16.2 Å². The van der Waals surface area contributed by atoms with Crippen molar-refractivity contribution in [3.8, 4) is 16.9 Å². The van der Waals surface area contributed by atoms with Crippen molar-refractivity contribution in [2.24, 2.45) is 0 Å². The number of nitrogen functional groups attached to an aromatic ring is 2. The standard InChI is InChI=1S/C15H18N2O4S/c16-12-4-2-11(3-5-12)14-7-6-13(17)10-15(14)21-8-1-9-22(18,19)20/h2-7,10H,1,8-9,16-17H2,(H,18,19,20). The van der Waals surface area contributed by atoms with Crippen LogP contribution in [0.25, 0.3) is 11.1 Å². The van der Waals surface area contributed by atoms with Crippen molar-refractivity contribution < 1.29 is 17.7 Å². The first-order chi connectivity index (χ1) is 10.3. The molecule has 5 N–H and O–H groups in total. The molecule has 2 aromatic carbocycles. The number of hydrogen-bond donors (Lipinski definition) is 3. The summed E-state index contributed by atoms with van der Waals surface area (Å²) < 4.78 is 35.7. The maximum absolute atomic E-state index is 10.7. The van der Waals surface area contributed by atoms with Crippen LogP contribution >= 0.6 is 0 Å². The van der Waals surface area contributed by atoms with Gasteiger partial charge in [0.25, 0.3) is 10.1 Å². The second kappa shape index (κ2) is 6.67. The van der Waals surface area contributed by atoms with Gasteiger partial charge in [0.1, 0.15) is 5.75 Å². The molecule has 0 radical (unpaired) electrons. The highest BCUT2D eigenvalue weighted by Crippen LogP contribution is 2.32. The summed E-state index contributed by atoms with van der Waals surface area (Å²) in [6, 6.07) is 12.6. The molecule has 0 amide bonds. The Hall–Kier alpha value is -2.25. The lowest BCUT2D eigenvalue weighted by atomic mass is 10.0. The third-order valence-electron chi connectivity index (χ3n) is 3.03. The highest BCUT2D eigenvalue weighted by atomic mass is 32.2. The second-order valence-corrected chi connectivity index (χ2v) is 6.44. The van der Waals surface area contributed by atoms with Crippen LogP contribution in [0, 0.1) is 0 Å². The molecule has 7 heteroatoms. The largest absolute Gasteiger partial charge is 0.493 e. The van der Waals surface area contributed by atoms with E-state index in [2.05, 4.69) is 0 Å². The predicted octanol–water partition coefficient (Wildman–Crippen LogP) is 2.17. The van der Waals surface area contributed by atoms with Crippen LogP contribution in [-0.2, 0) is 10.1 Å². The van der Waals surface area contributed by atoms with Gasteiger partial charge in [-0.05, 0) is 36.2 Å². The van der Waals surface area contributed by atoms with E-state index in [4.69, 9.17) is 20.8 Å². The summed E-state index contributed by atoms with van der Waals surface area (Å²) in [4.78, 5) is 0. The Bertz CT molecular complexity index is 743. The Morgan fingerprint density at radius 3 is 2.27 bits per heavy atom. The highest BCUT2D eigenvalue weighted by molar-refractivity contribution is 7.85. The van der Waals surface area contributed by atoms with Gasteiger partial charge in [-0.15, -0.1) is 0 Å². The zero-order chi connectivity index (χ0) is 16.2. The quantitative estimate of drug-likeness (QED) is 0.426. The Kier molecular flexibility index (Phi) is 4.89. The van der Waals surface area contributed by atoms with Gasteiger partial charge in [-0.1, -0.05) is 12.1 Å². The van der Waals surface area contributed by atoms with Crippen molar-refractivity contribution in [3.63, 3.8) is 0 Å². The van der Waals surface area contributed by atoms with Crippen molar-refractivity contribution in [1.29, 1.82) is 0 Å². The molecule has 0 aliphatic carbocycles. The molecule has 0 atom stereocenters. The molecule has 0 saturated heterocycles. The van der Waals surface area contributed by atoms with Crippen molar-refractivity contribution in [2.45, 2.75) is 6.42 Å². The van der Waals surface area contributed by atoms with Gasteiger partial charge in [-0.3, -0.25) is 4.55 Å². The number of rotatable bonds is 6. The van der Waals surface area contributed by atoms with Crippen molar-refractivity contribution in [3.05, 3.63) is 42.5 Å². The maximum atomic E-state index is 10.7. The summed E-state index contributed by atoms with van der Waals surface area (Å²) in [6.45, 7) is 0.158. The number of benzene rings is 2. The molecule has 2 rings (SSSR count). The SMILES string of the molecule is Nc1ccc(-c2ccc(N)cc2OCCCS(=O)(=O)O)cc1. The van der Waals surface area contributed by atoms with Gasteiger partial charge >= 0.3 is 0 Å². The van der Waals surface area contributed by atoms with Crippen LogP contribution in [0.15, 0.2) is 42.5 Å². The first-order valence-corrected chi connectivity index (χ1v) is 8.29. The lowest BCUT2D eigenvalue weighted by molar-refractivity contribution is 0.317. The van der Waals surface area contributed by atoms with Crippen LogP contribution in [-0.4, -0.2) is 25.3 Å². The van der Waals surface area contributed by atoms with Crippen molar-refractivity contribution in [1.82, 2.24) is 0 Å². The van der Waals surface area contributed by atoms with E-state index in [0.29, 0.717) is 17.1 Å². The molecule has 22 heavy (non-hydrogen) atoms. The summed E-state index contributed by atoms with van der Waals surface area (Å²) in [7, 11) is -3.97. The van der Waals surface area contributed by atoms with Gasteiger partial charge in [-0.25, -0.2) is 0 Å². The van der Waals surface area contributed by atoms with E-state index in [-0.39, 0.29) is 18.8 Å². The van der Waals surface area contributed by atoms with E-state index in [9.17, 15) is 8.42 Å². The van der Waals surface area contributed by atoms with E-state index < -0.39 is 10.1 Å². The first-order valence-electron chi connectivity index (χ1n) is 6.68. The van der Waals surface area contributed by atoms with E-state index in [0.717, 1.165) is 11.1 Å². The molecule has 0 fully saturated rings. The lowest BCUT2D eigenvalue weighted by Gasteiger charge is -2.12. The molecule has 0 aromatic heterocycles. The summed E-state index contributed by atoms with van der Waals surface area (Å²) in [5.74, 6) is 0.215. The van der Waals surface area contributed by atoms with Crippen LogP contribution in [0.3, 0.4) is 0 Å². The van der Waals surface area contributed by atoms with Crippen LogP contribution in [0.5, 0.6) is 5.75 Å². The summed E-state index contributed by atoms with van der Waals surface area (Å²) in [5.41, 5.74) is 14.4. The first kappa shape index (κ1) is 16.1. The number of hydrogen-bond acceptors (Lipinski definition) is 5. The minimum atomic E-state index is -3.97. The number of nitrogens with two attached hydrogens (primary N) is 2. The van der Waals surface area contributed by atoms with Gasteiger partial charge in [0.2, 0.25) is 0 Å². The monoisotopic (exact) mass is 322 g/mol. The molecule has 0 spiro atoms. The van der Waals surface area contributed by atoms with Crippen molar-refractivity contribution in [2.75, 3.05) is 23.8 Å². The minimum absolute atomic E-state index is 0.158. The normalized spacial score (nSPS) is 11.3. The van der Waals surface area contributed by atoms with Crippen LogP contribution < -0.4 is 16.2 Å². The van der Waals surface area contributed by atoms with Crippen LogP contribution in [0.2, 0.25) is 0 Å². The van der Waals surface area contributed by atoms with Crippen LogP contribution in [0.1, 0.15) is 6.42 Å². The molecule has 2 aromatic rings. The van der Waals surface area contributed by atoms with E-state index in [1.165, 1.54) is 0 Å². The fourth-order valence-corrected chi connectivity index (χ4v) is 2.47. The third-order valence-corrected chi connectivity index (χ3v) is 3.84. The second-order valence-electron chi connectivity index (χ2n) is 4.87. The maximum Gasteiger partial charge on any atom is 0.264 e. The molecule has 0 heterocycles. The van der Waals surface area contributed by atoms with Gasteiger partial charge in [0.05, 0.1) is 12.4 Å². The Morgan fingerprint density at radius 2 is 1.64 bits per heavy atom. The third kappa shape index (κ3) is 4.64.